The Balaban J connectivity index is 1.28. The van der Waals surface area contributed by atoms with E-state index in [0.29, 0.717) is 11.6 Å². The van der Waals surface area contributed by atoms with Gasteiger partial charge in [0.2, 0.25) is 5.01 Å². The predicted molar refractivity (Wildman–Crippen MR) is 126 cm³/mol. The molecule has 4 rings (SSSR count). The number of hydrogen-bond donors (Lipinski definition) is 1. The predicted octanol–water partition coefficient (Wildman–Crippen LogP) is 3.72. The van der Waals surface area contributed by atoms with Crippen LogP contribution in [-0.2, 0) is 13.1 Å². The zero-order valence-electron chi connectivity index (χ0n) is 18.4. The molecule has 2 aromatic carbocycles. The van der Waals surface area contributed by atoms with Gasteiger partial charge in [-0.2, -0.15) is 0 Å². The summed E-state index contributed by atoms with van der Waals surface area (Å²) in [4.78, 5) is 17.3. The molecule has 1 N–H and O–H groups in total. The zero-order chi connectivity index (χ0) is 21.8. The van der Waals surface area contributed by atoms with Gasteiger partial charge in [-0.15, -0.1) is 10.2 Å². The van der Waals surface area contributed by atoms with E-state index in [1.54, 1.807) is 0 Å². The molecule has 162 valence electrons. The number of nitrogens with zero attached hydrogens (tertiary/aromatic N) is 4. The molecule has 1 fully saturated rings. The van der Waals surface area contributed by atoms with Crippen molar-refractivity contribution in [3.63, 3.8) is 0 Å². The van der Waals surface area contributed by atoms with Gasteiger partial charge in [-0.25, -0.2) is 0 Å². The van der Waals surface area contributed by atoms with Gasteiger partial charge in [-0.05, 0) is 43.5 Å². The fourth-order valence-electron chi connectivity index (χ4n) is 3.79. The molecule has 1 saturated heterocycles. The van der Waals surface area contributed by atoms with Gasteiger partial charge in [0.15, 0.2) is 0 Å². The number of aryl methyl sites for hydroxylation is 2. The average molecular weight is 436 g/mol. The molecule has 0 atom stereocenters. The molecule has 1 aromatic heterocycles. The van der Waals surface area contributed by atoms with Gasteiger partial charge in [0.05, 0.1) is 6.54 Å². The first-order valence-corrected chi connectivity index (χ1v) is 11.5. The molecule has 31 heavy (non-hydrogen) atoms. The van der Waals surface area contributed by atoms with E-state index < -0.39 is 0 Å². The van der Waals surface area contributed by atoms with Crippen LogP contribution in [0.5, 0.6) is 0 Å². The lowest BCUT2D eigenvalue weighted by molar-refractivity contribution is 0.0950. The Morgan fingerprint density at radius 2 is 1.74 bits per heavy atom. The minimum Gasteiger partial charge on any atom is -0.369 e. The van der Waals surface area contributed by atoms with E-state index in [9.17, 15) is 4.79 Å². The third kappa shape index (κ3) is 5.29. The largest absolute Gasteiger partial charge is 0.369 e. The highest BCUT2D eigenvalue weighted by molar-refractivity contribution is 7.13. The Morgan fingerprint density at radius 1 is 1.00 bits per heavy atom. The third-order valence-corrected chi connectivity index (χ3v) is 6.79. The normalized spacial score (nSPS) is 14.6. The maximum Gasteiger partial charge on any atom is 0.282 e. The van der Waals surface area contributed by atoms with Gasteiger partial charge in [-0.1, -0.05) is 53.3 Å². The molecule has 3 aromatic rings. The highest BCUT2D eigenvalue weighted by Crippen LogP contribution is 2.24. The quantitative estimate of drug-likeness (QED) is 0.640. The average Bonchev–Trinajstić information content (AvgIpc) is 3.24. The fraction of sp³-hybridized carbons (Fsp3) is 0.375. The van der Waals surface area contributed by atoms with Gasteiger partial charge < -0.3 is 10.2 Å². The van der Waals surface area contributed by atoms with Gasteiger partial charge in [0.1, 0.15) is 5.01 Å². The summed E-state index contributed by atoms with van der Waals surface area (Å²) in [6, 6.07) is 14.7. The van der Waals surface area contributed by atoms with Crippen molar-refractivity contribution in [2.45, 2.75) is 33.9 Å². The topological polar surface area (TPSA) is 61.4 Å². The summed E-state index contributed by atoms with van der Waals surface area (Å²) in [5.74, 6) is -0.163. The highest BCUT2D eigenvalue weighted by atomic mass is 32.1. The van der Waals surface area contributed by atoms with Crippen molar-refractivity contribution < 1.29 is 4.79 Å². The standard InChI is InChI=1S/C24H29N5OS/c1-17-7-9-20(10-8-17)15-25-23(30)24-27-26-22(31-24)16-28-11-13-29(14-12-28)21-6-4-5-18(2)19(21)3/h4-10H,11-16H2,1-3H3,(H,25,30). The lowest BCUT2D eigenvalue weighted by Gasteiger charge is -2.36. The van der Waals surface area contributed by atoms with E-state index in [4.69, 9.17) is 0 Å². The number of anilines is 1. The first-order valence-electron chi connectivity index (χ1n) is 10.7. The molecule has 0 bridgehead atoms. The number of amides is 1. The lowest BCUT2D eigenvalue weighted by atomic mass is 10.1. The van der Waals surface area contributed by atoms with E-state index in [2.05, 4.69) is 64.3 Å². The molecule has 1 aliphatic rings. The number of piperazine rings is 1. The van der Waals surface area contributed by atoms with E-state index in [0.717, 1.165) is 43.3 Å². The van der Waals surface area contributed by atoms with Gasteiger partial charge in [-0.3, -0.25) is 9.69 Å². The summed E-state index contributed by atoms with van der Waals surface area (Å²) in [7, 11) is 0. The van der Waals surface area contributed by atoms with Crippen molar-refractivity contribution in [2.75, 3.05) is 31.1 Å². The number of rotatable bonds is 6. The number of hydrogen-bond acceptors (Lipinski definition) is 6. The molecule has 0 saturated carbocycles. The molecular weight excluding hydrogens is 406 g/mol. The Hall–Kier alpha value is -2.77. The first kappa shape index (κ1) is 21.5. The molecule has 0 spiro atoms. The first-order chi connectivity index (χ1) is 15.0. The summed E-state index contributed by atoms with van der Waals surface area (Å²) in [5, 5.41) is 12.6. The molecule has 0 radical (unpaired) electrons. The van der Waals surface area contributed by atoms with E-state index in [1.807, 2.05) is 24.3 Å². The summed E-state index contributed by atoms with van der Waals surface area (Å²) in [6.07, 6.45) is 0. The van der Waals surface area contributed by atoms with Gasteiger partial charge in [0.25, 0.3) is 5.91 Å². The van der Waals surface area contributed by atoms with Crippen molar-refractivity contribution in [2.24, 2.45) is 0 Å². The SMILES string of the molecule is Cc1ccc(CNC(=O)c2nnc(CN3CCN(c4cccc(C)c4C)CC3)s2)cc1. The number of benzene rings is 2. The highest BCUT2D eigenvalue weighted by Gasteiger charge is 2.21. The van der Waals surface area contributed by atoms with Crippen molar-refractivity contribution >= 4 is 22.9 Å². The monoisotopic (exact) mass is 435 g/mol. The Labute approximate surface area is 187 Å². The Kier molecular flexibility index (Phi) is 6.63. The molecule has 1 aliphatic heterocycles. The maximum absolute atomic E-state index is 12.4. The Morgan fingerprint density at radius 3 is 2.48 bits per heavy atom. The number of carbonyl (C=O) groups is 1. The lowest BCUT2D eigenvalue weighted by Crippen LogP contribution is -2.46. The molecule has 7 heteroatoms. The number of aromatic nitrogens is 2. The third-order valence-electron chi connectivity index (χ3n) is 5.88. The summed E-state index contributed by atoms with van der Waals surface area (Å²) >= 11 is 1.38. The second-order valence-corrected chi connectivity index (χ2v) is 9.21. The van der Waals surface area contributed by atoms with Crippen molar-refractivity contribution in [3.8, 4) is 0 Å². The zero-order valence-corrected chi connectivity index (χ0v) is 19.2. The van der Waals surface area contributed by atoms with Crippen LogP contribution in [0.25, 0.3) is 0 Å². The molecular formula is C24H29N5OS. The number of carbonyl (C=O) groups excluding carboxylic acids is 1. The van der Waals surface area contributed by atoms with E-state index >= 15 is 0 Å². The fourth-order valence-corrected chi connectivity index (χ4v) is 4.59. The minimum absolute atomic E-state index is 0.163. The van der Waals surface area contributed by atoms with Crippen LogP contribution in [0.4, 0.5) is 5.69 Å². The van der Waals surface area contributed by atoms with Gasteiger partial charge >= 0.3 is 0 Å². The minimum atomic E-state index is -0.163. The van der Waals surface area contributed by atoms with Crippen LogP contribution in [0.2, 0.25) is 0 Å². The second-order valence-electron chi connectivity index (χ2n) is 8.15. The van der Waals surface area contributed by atoms with E-state index in [-0.39, 0.29) is 5.91 Å². The van der Waals surface area contributed by atoms with Crippen LogP contribution in [0.3, 0.4) is 0 Å². The molecule has 0 aliphatic carbocycles. The molecule has 0 unspecified atom stereocenters. The van der Waals surface area contributed by atoms with Crippen LogP contribution in [0.1, 0.15) is 37.1 Å². The maximum atomic E-state index is 12.4. The van der Waals surface area contributed by atoms with Crippen molar-refractivity contribution in [3.05, 3.63) is 74.7 Å². The van der Waals surface area contributed by atoms with Crippen LogP contribution in [0.15, 0.2) is 42.5 Å². The molecule has 2 heterocycles. The van der Waals surface area contributed by atoms with Gasteiger partial charge in [0, 0.05) is 38.4 Å². The molecule has 1 amide bonds. The second kappa shape index (κ2) is 9.58. The smallest absolute Gasteiger partial charge is 0.282 e. The molecule has 6 nitrogen and oxygen atoms in total. The van der Waals surface area contributed by atoms with Crippen LogP contribution >= 0.6 is 11.3 Å². The van der Waals surface area contributed by atoms with Crippen molar-refractivity contribution in [1.29, 1.82) is 0 Å². The Bertz CT molecular complexity index is 1040. The van der Waals surface area contributed by atoms with E-state index in [1.165, 1.54) is 33.7 Å². The number of nitrogens with one attached hydrogen (secondary N) is 1. The summed E-state index contributed by atoms with van der Waals surface area (Å²) < 4.78 is 0. The van der Waals surface area contributed by atoms with Crippen LogP contribution < -0.4 is 10.2 Å². The van der Waals surface area contributed by atoms with Crippen molar-refractivity contribution in [1.82, 2.24) is 20.4 Å². The summed E-state index contributed by atoms with van der Waals surface area (Å²) in [5.41, 5.74) is 6.32. The summed E-state index contributed by atoms with van der Waals surface area (Å²) in [6.45, 7) is 11.6. The van der Waals surface area contributed by atoms with Crippen LogP contribution in [0, 0.1) is 20.8 Å². The van der Waals surface area contributed by atoms with Crippen LogP contribution in [-0.4, -0.2) is 47.2 Å².